The average Bonchev–Trinajstić information content (AvgIpc) is 2.57. The minimum absolute atomic E-state index is 0. The van der Waals surface area contributed by atoms with Crippen molar-refractivity contribution in [3.05, 3.63) is 39.4 Å². The van der Waals surface area contributed by atoms with Crippen LogP contribution in [0.25, 0.3) is 0 Å². The van der Waals surface area contributed by atoms with E-state index in [1.54, 1.807) is 0 Å². The predicted molar refractivity (Wildman–Crippen MR) is 89.8 cm³/mol. The summed E-state index contributed by atoms with van der Waals surface area (Å²) in [6.45, 7) is 6.13. The molecular weight excluding hydrogens is 340 g/mol. The SMILES string of the molecule is CCN(CC)CCOC(=O)c1c(C(=O)OC)cccc1[N+](=O)[O-].Cl. The maximum absolute atomic E-state index is 12.2. The zero-order valence-electron chi connectivity index (χ0n) is 13.8. The van der Waals surface area contributed by atoms with Crippen LogP contribution in [0.15, 0.2) is 18.2 Å². The number of methoxy groups -OCH3 is 1. The molecule has 0 saturated carbocycles. The zero-order chi connectivity index (χ0) is 17.4. The molecule has 0 aliphatic heterocycles. The zero-order valence-corrected chi connectivity index (χ0v) is 14.6. The van der Waals surface area contributed by atoms with Crippen LogP contribution >= 0.6 is 12.4 Å². The lowest BCUT2D eigenvalue weighted by atomic mass is 10.1. The Bertz CT molecular complexity index is 589. The first-order valence-electron chi connectivity index (χ1n) is 7.21. The number of nitro groups is 1. The predicted octanol–water partition coefficient (Wildman–Crippen LogP) is 2.30. The Morgan fingerprint density at radius 3 is 2.33 bits per heavy atom. The number of nitro benzene ring substituents is 1. The van der Waals surface area contributed by atoms with Crippen LogP contribution in [-0.2, 0) is 9.47 Å². The van der Waals surface area contributed by atoms with Gasteiger partial charge in [-0.3, -0.25) is 10.1 Å². The van der Waals surface area contributed by atoms with Crippen LogP contribution in [0.4, 0.5) is 5.69 Å². The highest BCUT2D eigenvalue weighted by Crippen LogP contribution is 2.24. The summed E-state index contributed by atoms with van der Waals surface area (Å²) in [6, 6.07) is 3.75. The Balaban J connectivity index is 0.00000529. The van der Waals surface area contributed by atoms with E-state index in [2.05, 4.69) is 4.74 Å². The Morgan fingerprint density at radius 1 is 1.21 bits per heavy atom. The lowest BCUT2D eigenvalue weighted by Gasteiger charge is -2.17. The highest BCUT2D eigenvalue weighted by molar-refractivity contribution is 6.06. The number of rotatable bonds is 8. The number of esters is 2. The Labute approximate surface area is 146 Å². The first-order valence-corrected chi connectivity index (χ1v) is 7.21. The molecule has 0 aliphatic carbocycles. The van der Waals surface area contributed by atoms with Crippen LogP contribution in [0.2, 0.25) is 0 Å². The molecule has 0 fully saturated rings. The molecule has 0 unspecified atom stereocenters. The topological polar surface area (TPSA) is 99.0 Å². The Morgan fingerprint density at radius 2 is 1.83 bits per heavy atom. The lowest BCUT2D eigenvalue weighted by molar-refractivity contribution is -0.385. The van der Waals surface area contributed by atoms with E-state index in [0.29, 0.717) is 6.54 Å². The molecule has 24 heavy (non-hydrogen) atoms. The summed E-state index contributed by atoms with van der Waals surface area (Å²) >= 11 is 0. The van der Waals surface area contributed by atoms with Crippen molar-refractivity contribution in [3.8, 4) is 0 Å². The number of hydrogen-bond acceptors (Lipinski definition) is 7. The highest BCUT2D eigenvalue weighted by atomic mass is 35.5. The molecule has 0 N–H and O–H groups in total. The third kappa shape index (κ3) is 5.47. The first kappa shape index (κ1) is 21.8. The van der Waals surface area contributed by atoms with Crippen molar-refractivity contribution in [2.75, 3.05) is 33.4 Å². The molecule has 1 aromatic rings. The molecule has 0 radical (unpaired) electrons. The van der Waals surface area contributed by atoms with Gasteiger partial charge in [-0.2, -0.15) is 0 Å². The van der Waals surface area contributed by atoms with Gasteiger partial charge in [-0.05, 0) is 19.2 Å². The smallest absolute Gasteiger partial charge is 0.346 e. The Kier molecular flexibility index (Phi) is 9.60. The van der Waals surface area contributed by atoms with Crippen LogP contribution in [0.1, 0.15) is 34.6 Å². The standard InChI is InChI=1S/C15H20N2O6.ClH/c1-4-16(5-2)9-10-23-15(19)13-11(14(18)22-3)7-6-8-12(13)17(20)21;/h6-8H,4-5,9-10H2,1-3H3;1H. The van der Waals surface area contributed by atoms with Gasteiger partial charge in [0.05, 0.1) is 17.6 Å². The van der Waals surface area contributed by atoms with Gasteiger partial charge in [0.2, 0.25) is 0 Å². The second-order valence-electron chi connectivity index (χ2n) is 4.61. The van der Waals surface area contributed by atoms with Crippen LogP contribution in [0, 0.1) is 10.1 Å². The van der Waals surface area contributed by atoms with E-state index in [1.165, 1.54) is 12.1 Å². The van der Waals surface area contributed by atoms with Crippen molar-refractivity contribution < 1.29 is 24.0 Å². The summed E-state index contributed by atoms with van der Waals surface area (Å²) in [5, 5.41) is 11.1. The van der Waals surface area contributed by atoms with E-state index in [9.17, 15) is 19.7 Å². The van der Waals surface area contributed by atoms with E-state index < -0.39 is 22.5 Å². The molecule has 0 heterocycles. The first-order chi connectivity index (χ1) is 11.0. The molecule has 0 amide bonds. The van der Waals surface area contributed by atoms with E-state index in [4.69, 9.17) is 4.74 Å². The largest absolute Gasteiger partial charge is 0.465 e. The highest BCUT2D eigenvalue weighted by Gasteiger charge is 2.28. The van der Waals surface area contributed by atoms with Gasteiger partial charge >= 0.3 is 11.9 Å². The van der Waals surface area contributed by atoms with Crippen molar-refractivity contribution in [2.24, 2.45) is 0 Å². The maximum atomic E-state index is 12.2. The van der Waals surface area contributed by atoms with Crippen molar-refractivity contribution in [1.82, 2.24) is 4.90 Å². The van der Waals surface area contributed by atoms with Crippen LogP contribution in [0.5, 0.6) is 0 Å². The van der Waals surface area contributed by atoms with Crippen molar-refractivity contribution in [1.29, 1.82) is 0 Å². The minimum atomic E-state index is -0.912. The number of carbonyl (C=O) groups is 2. The molecule has 9 heteroatoms. The summed E-state index contributed by atoms with van der Waals surface area (Å²) in [5.41, 5.74) is -1.06. The van der Waals surface area contributed by atoms with Gasteiger partial charge in [0.1, 0.15) is 6.61 Å². The molecule has 0 bridgehead atoms. The maximum Gasteiger partial charge on any atom is 0.346 e. The second-order valence-corrected chi connectivity index (χ2v) is 4.61. The fraction of sp³-hybridized carbons (Fsp3) is 0.467. The number of nitrogens with zero attached hydrogens (tertiary/aromatic N) is 2. The summed E-state index contributed by atoms with van der Waals surface area (Å²) in [4.78, 5) is 36.4. The summed E-state index contributed by atoms with van der Waals surface area (Å²) in [7, 11) is 1.14. The number of likely N-dealkylation sites (N-methyl/N-ethyl adjacent to an activating group) is 1. The van der Waals surface area contributed by atoms with Gasteiger partial charge in [0.25, 0.3) is 5.69 Å². The number of benzene rings is 1. The van der Waals surface area contributed by atoms with Crippen molar-refractivity contribution in [2.45, 2.75) is 13.8 Å². The monoisotopic (exact) mass is 360 g/mol. The van der Waals surface area contributed by atoms with Crippen LogP contribution in [-0.4, -0.2) is 55.1 Å². The van der Waals surface area contributed by atoms with Gasteiger partial charge in [-0.25, -0.2) is 9.59 Å². The van der Waals surface area contributed by atoms with Gasteiger partial charge in [0, 0.05) is 12.6 Å². The molecule has 0 aromatic heterocycles. The van der Waals surface area contributed by atoms with Gasteiger partial charge in [0.15, 0.2) is 5.56 Å². The fourth-order valence-corrected chi connectivity index (χ4v) is 2.07. The third-order valence-corrected chi connectivity index (χ3v) is 3.38. The number of hydrogen-bond donors (Lipinski definition) is 0. The van der Waals surface area contributed by atoms with E-state index in [0.717, 1.165) is 26.3 Å². The Hall–Kier alpha value is -2.19. The van der Waals surface area contributed by atoms with Gasteiger partial charge in [-0.1, -0.05) is 19.9 Å². The van der Waals surface area contributed by atoms with E-state index in [-0.39, 0.29) is 30.1 Å². The van der Waals surface area contributed by atoms with E-state index in [1.807, 2.05) is 18.7 Å². The number of ether oxygens (including phenoxy) is 2. The molecular formula is C15H21ClN2O6. The molecule has 0 aliphatic rings. The summed E-state index contributed by atoms with van der Waals surface area (Å²) in [5.74, 6) is -1.74. The summed E-state index contributed by atoms with van der Waals surface area (Å²) in [6.07, 6.45) is 0. The molecule has 8 nitrogen and oxygen atoms in total. The molecule has 0 atom stereocenters. The summed E-state index contributed by atoms with van der Waals surface area (Å²) < 4.78 is 9.66. The lowest BCUT2D eigenvalue weighted by Crippen LogP contribution is -2.28. The quantitative estimate of drug-likeness (QED) is 0.398. The molecule has 0 saturated heterocycles. The molecule has 1 aromatic carbocycles. The number of halogens is 1. The minimum Gasteiger partial charge on any atom is -0.465 e. The third-order valence-electron chi connectivity index (χ3n) is 3.38. The van der Waals surface area contributed by atoms with Crippen molar-refractivity contribution >= 4 is 30.0 Å². The normalized spacial score (nSPS) is 10.0. The van der Waals surface area contributed by atoms with Gasteiger partial charge in [-0.15, -0.1) is 12.4 Å². The van der Waals surface area contributed by atoms with E-state index >= 15 is 0 Å². The average molecular weight is 361 g/mol. The van der Waals surface area contributed by atoms with Crippen LogP contribution in [0.3, 0.4) is 0 Å². The van der Waals surface area contributed by atoms with Gasteiger partial charge < -0.3 is 14.4 Å². The van der Waals surface area contributed by atoms with Crippen LogP contribution < -0.4 is 0 Å². The second kappa shape index (κ2) is 10.6. The number of carbonyl (C=O) groups excluding carboxylic acids is 2. The van der Waals surface area contributed by atoms with Crippen molar-refractivity contribution in [3.63, 3.8) is 0 Å². The molecule has 0 spiro atoms. The molecule has 134 valence electrons. The fourth-order valence-electron chi connectivity index (χ4n) is 2.07. The molecule has 1 rings (SSSR count).